The van der Waals surface area contributed by atoms with E-state index in [1.54, 1.807) is 0 Å². The summed E-state index contributed by atoms with van der Waals surface area (Å²) in [6, 6.07) is 9.75. The van der Waals surface area contributed by atoms with Crippen LogP contribution in [-0.4, -0.2) is 44.9 Å². The second kappa shape index (κ2) is 8.46. The van der Waals surface area contributed by atoms with E-state index in [2.05, 4.69) is 45.7 Å². The molecule has 0 N–H and O–H groups in total. The van der Waals surface area contributed by atoms with E-state index in [1.165, 1.54) is 0 Å². The Labute approximate surface area is 171 Å². The van der Waals surface area contributed by atoms with Gasteiger partial charge < -0.3 is 9.47 Å². The molecule has 4 rings (SSSR count). The molecule has 0 radical (unpaired) electrons. The van der Waals surface area contributed by atoms with Crippen LogP contribution >= 0.6 is 0 Å². The van der Waals surface area contributed by atoms with E-state index < -0.39 is 0 Å². The minimum atomic E-state index is 0.170. The van der Waals surface area contributed by atoms with Crippen molar-refractivity contribution in [2.24, 2.45) is 5.92 Å². The average Bonchev–Trinajstić information content (AvgIpc) is 3.15. The molecule has 1 amide bonds. The number of hydrogen-bond acceptors (Lipinski definition) is 4. The van der Waals surface area contributed by atoms with Crippen molar-refractivity contribution in [1.29, 1.82) is 5.26 Å². The third-order valence-electron chi connectivity index (χ3n) is 5.53. The van der Waals surface area contributed by atoms with Gasteiger partial charge >= 0.3 is 0 Å². The molecular formula is C23H25N5O. The van der Waals surface area contributed by atoms with Crippen molar-refractivity contribution in [1.82, 2.24) is 19.4 Å². The van der Waals surface area contributed by atoms with Crippen LogP contribution in [0.1, 0.15) is 30.2 Å². The lowest BCUT2D eigenvalue weighted by molar-refractivity contribution is -0.134. The first-order valence-corrected chi connectivity index (χ1v) is 10.0. The summed E-state index contributed by atoms with van der Waals surface area (Å²) in [5.74, 6) is 0.653. The van der Waals surface area contributed by atoms with Crippen LogP contribution < -0.4 is 0 Å². The molecule has 2 heterocycles. The molecule has 1 aromatic heterocycles. The molecule has 29 heavy (non-hydrogen) atoms. The standard InChI is InChI=1S/C23H25N5O/c1-18-3-2-4-21(11-18)28-10-9-26(16-23(28)29)15-22-13-25-17-27(22)14-20-7-5-19(12-24)6-8-20/h2-8,13,17-18H,9-11,14-16H2,1H3. The van der Waals surface area contributed by atoms with Crippen molar-refractivity contribution in [3.8, 4) is 6.07 Å². The number of nitrogens with zero attached hydrogens (tertiary/aromatic N) is 5. The molecule has 6 nitrogen and oxygen atoms in total. The molecule has 2 aromatic rings. The smallest absolute Gasteiger partial charge is 0.240 e. The zero-order valence-corrected chi connectivity index (χ0v) is 16.7. The largest absolute Gasteiger partial charge is 0.329 e. The molecule has 0 bridgehead atoms. The van der Waals surface area contributed by atoms with Crippen LogP contribution in [0.3, 0.4) is 0 Å². The molecule has 148 valence electrons. The number of benzene rings is 1. The summed E-state index contributed by atoms with van der Waals surface area (Å²) in [6.07, 6.45) is 10.9. The average molecular weight is 387 g/mol. The minimum absolute atomic E-state index is 0.170. The Balaban J connectivity index is 1.38. The van der Waals surface area contributed by atoms with E-state index in [-0.39, 0.29) is 5.91 Å². The first-order valence-electron chi connectivity index (χ1n) is 10.0. The molecule has 1 fully saturated rings. The van der Waals surface area contributed by atoms with Crippen LogP contribution in [0.2, 0.25) is 0 Å². The van der Waals surface area contributed by atoms with Gasteiger partial charge in [0.25, 0.3) is 0 Å². The Hall–Kier alpha value is -3.17. The zero-order valence-electron chi connectivity index (χ0n) is 16.7. The fraction of sp³-hybridized carbons (Fsp3) is 0.348. The molecule has 0 spiro atoms. The van der Waals surface area contributed by atoms with Gasteiger partial charge in [0.15, 0.2) is 0 Å². The predicted octanol–water partition coefficient (Wildman–Crippen LogP) is 2.93. The highest BCUT2D eigenvalue weighted by molar-refractivity contribution is 5.81. The zero-order chi connectivity index (χ0) is 20.2. The Morgan fingerprint density at radius 3 is 2.76 bits per heavy atom. The van der Waals surface area contributed by atoms with Gasteiger partial charge in [-0.3, -0.25) is 9.69 Å². The maximum absolute atomic E-state index is 12.7. The van der Waals surface area contributed by atoms with Crippen LogP contribution in [0.5, 0.6) is 0 Å². The maximum Gasteiger partial charge on any atom is 0.240 e. The first kappa shape index (κ1) is 19.2. The van der Waals surface area contributed by atoms with Crippen molar-refractivity contribution in [2.45, 2.75) is 26.4 Å². The fourth-order valence-corrected chi connectivity index (χ4v) is 3.92. The molecule has 1 atom stereocenters. The Morgan fingerprint density at radius 1 is 1.21 bits per heavy atom. The number of imidazole rings is 1. The number of allylic oxidation sites excluding steroid dienone is 4. The maximum atomic E-state index is 12.7. The van der Waals surface area contributed by atoms with E-state index in [9.17, 15) is 4.79 Å². The van der Waals surface area contributed by atoms with Crippen LogP contribution in [0.15, 0.2) is 60.7 Å². The number of amides is 1. The highest BCUT2D eigenvalue weighted by Gasteiger charge is 2.27. The van der Waals surface area contributed by atoms with E-state index in [0.717, 1.165) is 36.5 Å². The van der Waals surface area contributed by atoms with E-state index in [0.29, 0.717) is 31.1 Å². The lowest BCUT2D eigenvalue weighted by Crippen LogP contribution is -2.49. The monoisotopic (exact) mass is 387 g/mol. The summed E-state index contributed by atoms with van der Waals surface area (Å²) < 4.78 is 2.11. The van der Waals surface area contributed by atoms with Gasteiger partial charge in [-0.05, 0) is 36.1 Å². The van der Waals surface area contributed by atoms with Gasteiger partial charge in [0, 0.05) is 38.1 Å². The summed E-state index contributed by atoms with van der Waals surface area (Å²) in [4.78, 5) is 21.2. The molecular weight excluding hydrogens is 362 g/mol. The molecule has 1 unspecified atom stereocenters. The van der Waals surface area contributed by atoms with Gasteiger partial charge in [0.05, 0.1) is 30.2 Å². The summed E-state index contributed by atoms with van der Waals surface area (Å²) >= 11 is 0. The van der Waals surface area contributed by atoms with Crippen molar-refractivity contribution < 1.29 is 4.79 Å². The van der Waals surface area contributed by atoms with Crippen LogP contribution in [0.4, 0.5) is 0 Å². The lowest BCUT2D eigenvalue weighted by Gasteiger charge is -2.36. The number of rotatable bonds is 5. The molecule has 1 aliphatic heterocycles. The Kier molecular flexibility index (Phi) is 5.59. The summed E-state index contributed by atoms with van der Waals surface area (Å²) in [6.45, 7) is 5.59. The number of piperazine rings is 1. The number of hydrogen-bond donors (Lipinski definition) is 0. The molecule has 2 aliphatic rings. The van der Waals surface area contributed by atoms with Gasteiger partial charge in [-0.15, -0.1) is 0 Å². The van der Waals surface area contributed by atoms with Crippen LogP contribution in [0.25, 0.3) is 0 Å². The molecule has 1 saturated heterocycles. The van der Waals surface area contributed by atoms with Gasteiger partial charge in [-0.2, -0.15) is 5.26 Å². The molecule has 1 aliphatic carbocycles. The molecule has 1 aromatic carbocycles. The Morgan fingerprint density at radius 2 is 2.03 bits per heavy atom. The van der Waals surface area contributed by atoms with Gasteiger partial charge in [0.2, 0.25) is 5.91 Å². The van der Waals surface area contributed by atoms with Crippen molar-refractivity contribution in [3.05, 3.63) is 77.5 Å². The van der Waals surface area contributed by atoms with Gasteiger partial charge in [-0.25, -0.2) is 4.98 Å². The van der Waals surface area contributed by atoms with Gasteiger partial charge in [-0.1, -0.05) is 31.2 Å². The van der Waals surface area contributed by atoms with Crippen molar-refractivity contribution in [2.75, 3.05) is 19.6 Å². The Bertz CT molecular complexity index is 979. The van der Waals surface area contributed by atoms with E-state index in [4.69, 9.17) is 5.26 Å². The number of carbonyl (C=O) groups is 1. The van der Waals surface area contributed by atoms with Crippen LogP contribution in [-0.2, 0) is 17.9 Å². The summed E-state index contributed by atoms with van der Waals surface area (Å²) in [5, 5.41) is 8.94. The quantitative estimate of drug-likeness (QED) is 0.791. The SMILES string of the molecule is CC1C=CC=C(N2CCN(Cc3cncn3Cc3ccc(C#N)cc3)CC2=O)C1. The second-order valence-electron chi connectivity index (χ2n) is 7.80. The number of nitriles is 1. The molecule has 6 heteroatoms. The van der Waals surface area contributed by atoms with E-state index in [1.807, 2.05) is 41.7 Å². The fourth-order valence-electron chi connectivity index (χ4n) is 3.92. The lowest BCUT2D eigenvalue weighted by atomic mass is 9.99. The van der Waals surface area contributed by atoms with Gasteiger partial charge in [0.1, 0.15) is 0 Å². The van der Waals surface area contributed by atoms with E-state index >= 15 is 0 Å². The number of carbonyl (C=O) groups excluding carboxylic acids is 1. The highest BCUT2D eigenvalue weighted by atomic mass is 16.2. The first-order chi connectivity index (χ1) is 14.1. The third kappa shape index (κ3) is 4.47. The van der Waals surface area contributed by atoms with Crippen LogP contribution in [0, 0.1) is 17.2 Å². The van der Waals surface area contributed by atoms with Crippen molar-refractivity contribution in [3.63, 3.8) is 0 Å². The predicted molar refractivity (Wildman–Crippen MR) is 110 cm³/mol. The second-order valence-corrected chi connectivity index (χ2v) is 7.80. The highest BCUT2D eigenvalue weighted by Crippen LogP contribution is 2.23. The number of aromatic nitrogens is 2. The van der Waals surface area contributed by atoms with Crippen molar-refractivity contribution >= 4 is 5.91 Å². The summed E-state index contributed by atoms with van der Waals surface area (Å²) in [5.41, 5.74) is 4.00. The molecule has 0 saturated carbocycles. The third-order valence-corrected chi connectivity index (χ3v) is 5.53. The summed E-state index contributed by atoms with van der Waals surface area (Å²) in [7, 11) is 0. The normalized spacial score (nSPS) is 19.9. The topological polar surface area (TPSA) is 65.2 Å². The minimum Gasteiger partial charge on any atom is -0.329 e.